The Hall–Kier alpha value is -5.02. The molecule has 0 bridgehead atoms. The smallest absolute Gasteiger partial charge is 0.348 e. The third-order valence-corrected chi connectivity index (χ3v) is 12.2. The molecule has 2 saturated carbocycles. The Balaban J connectivity index is 2.10. The third kappa shape index (κ3) is 8.10. The number of ether oxygens (including phenoxy) is 7. The van der Waals surface area contributed by atoms with Crippen LogP contribution in [0.15, 0.2) is 35.2 Å². The van der Waals surface area contributed by atoms with Crippen molar-refractivity contribution in [1.29, 1.82) is 0 Å². The van der Waals surface area contributed by atoms with E-state index in [2.05, 4.69) is 6.58 Å². The minimum atomic E-state index is -1.84. The molecule has 0 aromatic carbocycles. The van der Waals surface area contributed by atoms with Crippen molar-refractivity contribution in [1.82, 2.24) is 0 Å². The molecule has 12 atom stereocenters. The van der Waals surface area contributed by atoms with Crippen molar-refractivity contribution in [2.24, 2.45) is 34.5 Å². The first-order valence-electron chi connectivity index (χ1n) is 18.5. The largest absolute Gasteiger partial charge is 0.472 e. The number of methoxy groups -OCH3 is 1. The molecule has 12 unspecified atom stereocenters. The average molecular weight is 789 g/mol. The van der Waals surface area contributed by atoms with Gasteiger partial charge in [-0.25, -0.2) is 4.79 Å². The zero-order valence-electron chi connectivity index (χ0n) is 33.3. The van der Waals surface area contributed by atoms with Crippen molar-refractivity contribution < 1.29 is 75.9 Å². The van der Waals surface area contributed by atoms with Gasteiger partial charge in [0.05, 0.1) is 32.5 Å². The summed E-state index contributed by atoms with van der Waals surface area (Å²) in [7, 11) is 1.14. The highest BCUT2D eigenvalue weighted by Crippen LogP contribution is 2.66. The van der Waals surface area contributed by atoms with Gasteiger partial charge in [0.1, 0.15) is 36.3 Å². The summed E-state index contributed by atoms with van der Waals surface area (Å²) in [6, 6.07) is 1.66. The lowest BCUT2D eigenvalue weighted by molar-refractivity contribution is -0.222. The second-order valence-electron chi connectivity index (χ2n) is 15.7. The van der Waals surface area contributed by atoms with Gasteiger partial charge < -0.3 is 37.6 Å². The maximum atomic E-state index is 14.5. The van der Waals surface area contributed by atoms with Gasteiger partial charge in [-0.1, -0.05) is 39.8 Å². The van der Waals surface area contributed by atoms with Gasteiger partial charge in [-0.15, -0.1) is 0 Å². The first-order valence-corrected chi connectivity index (χ1v) is 18.5. The lowest BCUT2D eigenvalue weighted by atomic mass is 9.48. The Labute approximate surface area is 325 Å². The lowest BCUT2D eigenvalue weighted by Gasteiger charge is -2.59. The van der Waals surface area contributed by atoms with E-state index in [4.69, 9.17) is 37.6 Å². The SMILES string of the molecule is C=C1C2C(=O)CC(c3ccoc3)C2(C)C(OC(=O)C(OC(C)=O)C(C)CC)C(OC=O)C1C1(C)C(OC(C)=O)CC(=O)OC(C)(COC(C)=O)C1CC(=O)OC. The molecule has 2 heterocycles. The Morgan fingerprint density at radius 1 is 1.00 bits per heavy atom. The number of esters is 6. The molecule has 3 aliphatic rings. The van der Waals surface area contributed by atoms with Crippen molar-refractivity contribution in [3.05, 3.63) is 36.3 Å². The maximum absolute atomic E-state index is 14.5. The number of hydrogen-bond acceptors (Lipinski definition) is 16. The molecule has 2 aliphatic carbocycles. The first-order chi connectivity index (χ1) is 26.2. The molecular weight excluding hydrogens is 736 g/mol. The predicted molar refractivity (Wildman–Crippen MR) is 191 cm³/mol. The normalized spacial score (nSPS) is 33.7. The third-order valence-electron chi connectivity index (χ3n) is 12.2. The molecule has 0 spiro atoms. The zero-order chi connectivity index (χ0) is 41.9. The number of furan rings is 1. The molecule has 1 aliphatic heterocycles. The van der Waals surface area contributed by atoms with Crippen LogP contribution in [0.4, 0.5) is 0 Å². The van der Waals surface area contributed by atoms with Gasteiger partial charge in [-0.2, -0.15) is 0 Å². The van der Waals surface area contributed by atoms with Gasteiger partial charge >= 0.3 is 35.8 Å². The fraction of sp³-hybridized carbons (Fsp3) is 0.650. The fourth-order valence-corrected chi connectivity index (χ4v) is 9.54. The van der Waals surface area contributed by atoms with Crippen LogP contribution < -0.4 is 0 Å². The molecule has 1 saturated heterocycles. The van der Waals surface area contributed by atoms with Gasteiger partial charge in [0.25, 0.3) is 6.47 Å². The van der Waals surface area contributed by atoms with E-state index in [0.717, 1.165) is 27.9 Å². The Morgan fingerprint density at radius 2 is 1.68 bits per heavy atom. The Morgan fingerprint density at radius 3 is 2.21 bits per heavy atom. The topological polar surface area (TPSA) is 214 Å². The van der Waals surface area contributed by atoms with Crippen molar-refractivity contribution in [2.45, 2.75) is 117 Å². The van der Waals surface area contributed by atoms with E-state index in [9.17, 15) is 38.4 Å². The molecule has 16 heteroatoms. The number of ketones is 1. The van der Waals surface area contributed by atoms with Gasteiger partial charge in [0.15, 0.2) is 0 Å². The summed E-state index contributed by atoms with van der Waals surface area (Å²) in [4.78, 5) is 106. The highest BCUT2D eigenvalue weighted by atomic mass is 16.6. The van der Waals surface area contributed by atoms with Crippen LogP contribution in [-0.4, -0.2) is 91.8 Å². The van der Waals surface area contributed by atoms with Crippen molar-refractivity contribution >= 4 is 48.1 Å². The summed E-state index contributed by atoms with van der Waals surface area (Å²) in [5, 5.41) is 0. The van der Waals surface area contributed by atoms with E-state index in [1.807, 2.05) is 0 Å². The van der Waals surface area contributed by atoms with Crippen LogP contribution in [0.5, 0.6) is 0 Å². The van der Waals surface area contributed by atoms with Gasteiger partial charge in [0.2, 0.25) is 6.10 Å². The van der Waals surface area contributed by atoms with Crippen molar-refractivity contribution in [3.8, 4) is 0 Å². The minimum Gasteiger partial charge on any atom is -0.472 e. The number of carbonyl (C=O) groups excluding carboxylic acids is 8. The summed E-state index contributed by atoms with van der Waals surface area (Å²) in [6.45, 7) is 15.6. The summed E-state index contributed by atoms with van der Waals surface area (Å²) < 4.78 is 45.5. The Bertz CT molecular complexity index is 1720. The zero-order valence-corrected chi connectivity index (χ0v) is 33.3. The maximum Gasteiger partial charge on any atom is 0.348 e. The number of fused-ring (bicyclic) bond motifs is 1. The highest BCUT2D eigenvalue weighted by molar-refractivity contribution is 5.90. The van der Waals surface area contributed by atoms with Gasteiger partial charge in [-0.05, 0) is 25.0 Å². The molecule has 1 aromatic rings. The van der Waals surface area contributed by atoms with E-state index < -0.39 is 126 Å². The van der Waals surface area contributed by atoms with Crippen LogP contribution in [0.3, 0.4) is 0 Å². The molecule has 308 valence electrons. The van der Waals surface area contributed by atoms with Crippen LogP contribution >= 0.6 is 0 Å². The molecular formula is C40H52O16. The van der Waals surface area contributed by atoms with Crippen molar-refractivity contribution in [2.75, 3.05) is 13.7 Å². The number of cyclic esters (lactones) is 1. The van der Waals surface area contributed by atoms with Crippen LogP contribution in [0, 0.1) is 34.5 Å². The second kappa shape index (κ2) is 17.0. The molecule has 0 N–H and O–H groups in total. The van der Waals surface area contributed by atoms with Crippen LogP contribution in [0.2, 0.25) is 0 Å². The molecule has 4 rings (SSSR count). The van der Waals surface area contributed by atoms with Crippen LogP contribution in [0.1, 0.15) is 92.6 Å². The summed E-state index contributed by atoms with van der Waals surface area (Å²) in [5.41, 5.74) is -4.28. The molecule has 0 amide bonds. The average Bonchev–Trinajstić information content (AvgIpc) is 3.73. The van der Waals surface area contributed by atoms with Crippen LogP contribution in [-0.2, 0) is 71.5 Å². The standard InChI is InChI=1S/C40H52O16/c1-11-20(2)34(54-24(6)44)37(48)55-36-35(52-19-41)33(21(3)32-27(45)14-26(39(32,36)8)25-12-13-50-17-25)40(9)28(15-30(46)49-10)38(7,18-51-22(4)42)56-31(47)16-29(40)53-23(5)43/h12-13,17,19-20,26,28-29,32-36H,3,11,14-16,18H2,1-2,4-10H3. The fourth-order valence-electron chi connectivity index (χ4n) is 9.54. The summed E-state index contributed by atoms with van der Waals surface area (Å²) in [5.74, 6) is -10.3. The second-order valence-corrected chi connectivity index (χ2v) is 15.7. The van der Waals surface area contributed by atoms with Gasteiger partial charge in [0, 0.05) is 67.6 Å². The quantitative estimate of drug-likeness (QED) is 0.113. The summed E-state index contributed by atoms with van der Waals surface area (Å²) >= 11 is 0. The molecule has 0 radical (unpaired) electrons. The highest BCUT2D eigenvalue weighted by Gasteiger charge is 2.72. The van der Waals surface area contributed by atoms with Gasteiger partial charge in [-0.3, -0.25) is 33.6 Å². The molecule has 3 fully saturated rings. The number of hydrogen-bond donors (Lipinski definition) is 0. The molecule has 16 nitrogen and oxygen atoms in total. The van der Waals surface area contributed by atoms with E-state index in [1.54, 1.807) is 33.8 Å². The number of rotatable bonds is 14. The monoisotopic (exact) mass is 788 g/mol. The van der Waals surface area contributed by atoms with Crippen LogP contribution in [0.25, 0.3) is 0 Å². The first kappa shape index (κ1) is 43.7. The predicted octanol–water partition coefficient (Wildman–Crippen LogP) is 3.96. The Kier molecular flexibility index (Phi) is 13.3. The number of carbonyl (C=O) groups is 8. The van der Waals surface area contributed by atoms with E-state index >= 15 is 0 Å². The summed E-state index contributed by atoms with van der Waals surface area (Å²) in [6.07, 6.45) is -3.89. The minimum absolute atomic E-state index is 0.0888. The molecule has 1 aromatic heterocycles. The van der Waals surface area contributed by atoms with Crippen molar-refractivity contribution in [3.63, 3.8) is 0 Å². The van der Waals surface area contributed by atoms with E-state index in [1.165, 1.54) is 19.5 Å². The van der Waals surface area contributed by atoms with E-state index in [0.29, 0.717) is 12.0 Å². The lowest BCUT2D eigenvalue weighted by Crippen LogP contribution is -2.66. The molecule has 56 heavy (non-hydrogen) atoms. The number of Topliss-reactive ketones (excluding diaryl/α,β-unsaturated/α-hetero) is 1. The van der Waals surface area contributed by atoms with E-state index in [-0.39, 0.29) is 24.2 Å².